The van der Waals surface area contributed by atoms with E-state index in [0.717, 1.165) is 10.9 Å². The number of aromatic nitrogens is 1. The number of carbonyl (C=O) groups is 3. The fourth-order valence-corrected chi connectivity index (χ4v) is 4.13. The molecule has 0 radical (unpaired) electrons. The molecule has 0 fully saturated rings. The van der Waals surface area contributed by atoms with Gasteiger partial charge in [-0.1, -0.05) is 32.0 Å². The molecule has 11 heteroatoms. The standard InChI is InChI=1S/C21H31N4O6P/c1-12(2)9-18(24-20(27)13(3)23-14(4)26)21(28)25-19(32(29,30)31)10-15-11-22-17-8-6-5-7-16(15)17/h5-8,11-13,18-19,22H,9-10H2,1-4H3,(H,23,26)(H,24,27)(H,25,28)(H2,29,30,31)/t13-,18+,19-/m1/s1. The second-order valence-corrected chi connectivity index (χ2v) is 10.1. The van der Waals surface area contributed by atoms with Gasteiger partial charge in [0.05, 0.1) is 0 Å². The van der Waals surface area contributed by atoms with Gasteiger partial charge in [-0.3, -0.25) is 18.9 Å². The van der Waals surface area contributed by atoms with Crippen molar-refractivity contribution in [2.24, 2.45) is 5.92 Å². The summed E-state index contributed by atoms with van der Waals surface area (Å²) >= 11 is 0. The summed E-state index contributed by atoms with van der Waals surface area (Å²) in [5.74, 6) is -3.10. The maximum Gasteiger partial charge on any atom is 0.347 e. The molecule has 0 saturated carbocycles. The highest BCUT2D eigenvalue weighted by Gasteiger charge is 2.34. The highest BCUT2D eigenvalue weighted by Crippen LogP contribution is 2.42. The molecule has 1 aromatic carbocycles. The first-order valence-electron chi connectivity index (χ1n) is 10.4. The highest BCUT2D eigenvalue weighted by atomic mass is 31.2. The molecular formula is C21H31N4O6P. The van der Waals surface area contributed by atoms with Gasteiger partial charge in [-0.2, -0.15) is 0 Å². The lowest BCUT2D eigenvalue weighted by atomic mass is 10.0. The monoisotopic (exact) mass is 466 g/mol. The Morgan fingerprint density at radius 3 is 2.28 bits per heavy atom. The van der Waals surface area contributed by atoms with Gasteiger partial charge in [0.1, 0.15) is 17.9 Å². The topological polar surface area (TPSA) is 161 Å². The Morgan fingerprint density at radius 2 is 1.69 bits per heavy atom. The summed E-state index contributed by atoms with van der Waals surface area (Å²) in [6.45, 7) is 6.47. The molecule has 0 aliphatic rings. The minimum atomic E-state index is -4.71. The lowest BCUT2D eigenvalue weighted by Gasteiger charge is -2.26. The van der Waals surface area contributed by atoms with E-state index < -0.39 is 43.2 Å². The smallest absolute Gasteiger partial charge is 0.347 e. The first-order chi connectivity index (χ1) is 14.9. The summed E-state index contributed by atoms with van der Waals surface area (Å²) in [5, 5.41) is 8.25. The lowest BCUT2D eigenvalue weighted by molar-refractivity contribution is -0.131. The summed E-state index contributed by atoms with van der Waals surface area (Å²) in [6, 6.07) is 5.44. The third kappa shape index (κ3) is 7.19. The van der Waals surface area contributed by atoms with E-state index >= 15 is 0 Å². The molecule has 0 bridgehead atoms. The average molecular weight is 466 g/mol. The number of hydrogen-bond donors (Lipinski definition) is 6. The molecule has 6 N–H and O–H groups in total. The number of rotatable bonds is 10. The third-order valence-electron chi connectivity index (χ3n) is 4.96. The van der Waals surface area contributed by atoms with E-state index in [-0.39, 0.29) is 18.8 Å². The van der Waals surface area contributed by atoms with Crippen LogP contribution in [0.1, 0.15) is 39.7 Å². The van der Waals surface area contributed by atoms with E-state index in [9.17, 15) is 28.7 Å². The van der Waals surface area contributed by atoms with Crippen molar-refractivity contribution >= 4 is 36.2 Å². The molecule has 1 aromatic heterocycles. The number of carbonyl (C=O) groups excluding carboxylic acids is 3. The number of fused-ring (bicyclic) bond motifs is 1. The van der Waals surface area contributed by atoms with E-state index in [4.69, 9.17) is 0 Å². The number of nitrogens with one attached hydrogen (secondary N) is 4. The zero-order valence-corrected chi connectivity index (χ0v) is 19.5. The van der Waals surface area contributed by atoms with Crippen molar-refractivity contribution in [2.75, 3.05) is 0 Å². The first-order valence-corrected chi connectivity index (χ1v) is 12.0. The molecule has 176 valence electrons. The van der Waals surface area contributed by atoms with Crippen molar-refractivity contribution in [1.82, 2.24) is 20.9 Å². The lowest BCUT2D eigenvalue weighted by Crippen LogP contribution is -2.54. The fourth-order valence-electron chi connectivity index (χ4n) is 3.40. The van der Waals surface area contributed by atoms with Gasteiger partial charge in [-0.05, 0) is 30.9 Å². The van der Waals surface area contributed by atoms with Gasteiger partial charge >= 0.3 is 7.60 Å². The normalized spacial score (nSPS) is 14.6. The van der Waals surface area contributed by atoms with Gasteiger partial charge in [0.2, 0.25) is 17.7 Å². The Balaban J connectivity index is 2.19. The van der Waals surface area contributed by atoms with Crippen LogP contribution in [0.4, 0.5) is 0 Å². The van der Waals surface area contributed by atoms with Gasteiger partial charge in [-0.15, -0.1) is 0 Å². The predicted molar refractivity (Wildman–Crippen MR) is 121 cm³/mol. The van der Waals surface area contributed by atoms with Gasteiger partial charge in [0.25, 0.3) is 0 Å². The molecular weight excluding hydrogens is 435 g/mol. The zero-order chi connectivity index (χ0) is 24.1. The van der Waals surface area contributed by atoms with Gasteiger partial charge in [0.15, 0.2) is 0 Å². The number of hydrogen-bond acceptors (Lipinski definition) is 4. The molecule has 3 atom stereocenters. The van der Waals surface area contributed by atoms with Crippen LogP contribution in [0, 0.1) is 5.92 Å². The number of amides is 3. The maximum absolute atomic E-state index is 12.9. The van der Waals surface area contributed by atoms with Crippen LogP contribution in [-0.4, -0.2) is 50.4 Å². The van der Waals surface area contributed by atoms with E-state index in [1.54, 1.807) is 6.20 Å². The fraction of sp³-hybridized carbons (Fsp3) is 0.476. The first kappa shape index (κ1) is 25.6. The molecule has 0 saturated heterocycles. The quantitative estimate of drug-likeness (QED) is 0.290. The van der Waals surface area contributed by atoms with Crippen LogP contribution >= 0.6 is 7.60 Å². The minimum absolute atomic E-state index is 0.0178. The van der Waals surface area contributed by atoms with Crippen LogP contribution in [0.3, 0.4) is 0 Å². The Bertz CT molecular complexity index is 1010. The van der Waals surface area contributed by atoms with Gasteiger partial charge in [-0.25, -0.2) is 0 Å². The number of aromatic amines is 1. The number of benzene rings is 1. The van der Waals surface area contributed by atoms with E-state index in [1.807, 2.05) is 38.1 Å². The molecule has 0 spiro atoms. The van der Waals surface area contributed by atoms with Crippen molar-refractivity contribution in [2.45, 2.75) is 58.4 Å². The van der Waals surface area contributed by atoms with Crippen LogP contribution < -0.4 is 16.0 Å². The Labute approximate surface area is 186 Å². The molecule has 0 aliphatic heterocycles. The van der Waals surface area contributed by atoms with E-state index in [0.29, 0.717) is 5.56 Å². The average Bonchev–Trinajstić information content (AvgIpc) is 3.08. The summed E-state index contributed by atoms with van der Waals surface area (Å²) in [4.78, 5) is 59.3. The predicted octanol–water partition coefficient (Wildman–Crippen LogP) is 1.39. The van der Waals surface area contributed by atoms with Crippen molar-refractivity contribution < 1.29 is 28.7 Å². The van der Waals surface area contributed by atoms with Crippen LogP contribution in [0.2, 0.25) is 0 Å². The van der Waals surface area contributed by atoms with Crippen molar-refractivity contribution in [3.8, 4) is 0 Å². The largest absolute Gasteiger partial charge is 0.361 e. The second kappa shape index (κ2) is 10.8. The molecule has 0 unspecified atom stereocenters. The van der Waals surface area contributed by atoms with Gasteiger partial charge < -0.3 is 30.7 Å². The van der Waals surface area contributed by atoms with E-state index in [2.05, 4.69) is 20.9 Å². The molecule has 32 heavy (non-hydrogen) atoms. The minimum Gasteiger partial charge on any atom is -0.361 e. The Morgan fingerprint density at radius 1 is 1.03 bits per heavy atom. The van der Waals surface area contributed by atoms with Crippen LogP contribution in [-0.2, 0) is 25.4 Å². The molecule has 2 aromatic rings. The molecule has 3 amide bonds. The Kier molecular flexibility index (Phi) is 8.60. The maximum atomic E-state index is 12.9. The molecule has 2 rings (SSSR count). The van der Waals surface area contributed by atoms with E-state index in [1.165, 1.54) is 13.8 Å². The molecule has 1 heterocycles. The van der Waals surface area contributed by atoms with Crippen LogP contribution in [0.15, 0.2) is 30.5 Å². The molecule has 10 nitrogen and oxygen atoms in total. The van der Waals surface area contributed by atoms with Crippen molar-refractivity contribution in [3.63, 3.8) is 0 Å². The number of H-pyrrole nitrogens is 1. The highest BCUT2D eigenvalue weighted by molar-refractivity contribution is 7.52. The van der Waals surface area contributed by atoms with Crippen LogP contribution in [0.5, 0.6) is 0 Å². The van der Waals surface area contributed by atoms with Crippen molar-refractivity contribution in [1.29, 1.82) is 0 Å². The van der Waals surface area contributed by atoms with Crippen LogP contribution in [0.25, 0.3) is 10.9 Å². The van der Waals surface area contributed by atoms with Gasteiger partial charge in [0, 0.05) is 30.4 Å². The third-order valence-corrected chi connectivity index (χ3v) is 6.08. The zero-order valence-electron chi connectivity index (χ0n) is 18.6. The SMILES string of the molecule is CC(=O)N[C@H](C)C(=O)N[C@@H](CC(C)C)C(=O)N[C@@H](Cc1c[nH]c2ccccc12)P(=O)(O)O. The summed E-state index contributed by atoms with van der Waals surface area (Å²) in [6.07, 6.45) is 1.82. The second-order valence-electron chi connectivity index (χ2n) is 8.29. The number of para-hydroxylation sites is 1. The Hall–Kier alpha value is -2.68. The van der Waals surface area contributed by atoms with Crippen molar-refractivity contribution in [3.05, 3.63) is 36.0 Å². The summed E-state index contributed by atoms with van der Waals surface area (Å²) in [5.41, 5.74) is 1.47. The summed E-state index contributed by atoms with van der Waals surface area (Å²) in [7, 11) is -4.71. The summed E-state index contributed by atoms with van der Waals surface area (Å²) < 4.78 is 12.2. The molecule has 0 aliphatic carbocycles.